The van der Waals surface area contributed by atoms with Crippen LogP contribution in [-0.4, -0.2) is 38.6 Å². The number of esters is 2. The Kier molecular flexibility index (Phi) is 16.7. The lowest BCUT2D eigenvalue weighted by Gasteiger charge is -2.37. The molecule has 0 saturated heterocycles. The van der Waals surface area contributed by atoms with E-state index in [0.717, 1.165) is 56.2 Å². The lowest BCUT2D eigenvalue weighted by atomic mass is 9.98. The molecule has 0 heterocycles. The van der Waals surface area contributed by atoms with Crippen LogP contribution in [-0.2, 0) is 22.3 Å². The first kappa shape index (κ1) is 40.6. The summed E-state index contributed by atoms with van der Waals surface area (Å²) in [6.07, 6.45) is 8.77. The van der Waals surface area contributed by atoms with Gasteiger partial charge in [0.2, 0.25) is 0 Å². The quantitative estimate of drug-likeness (QED) is 0.0685. The molecule has 7 nitrogen and oxygen atoms in total. The largest absolute Gasteiger partial charge is 0.494 e. The first-order chi connectivity index (χ1) is 23.5. The smallest absolute Gasteiger partial charge is 0.345 e. The first-order valence-corrected chi connectivity index (χ1v) is 18.4. The summed E-state index contributed by atoms with van der Waals surface area (Å²) in [5.41, 5.74) is 3.04. The maximum atomic E-state index is 13.7. The van der Waals surface area contributed by atoms with Crippen molar-refractivity contribution in [3.05, 3.63) is 84.8 Å². The Hall–Kier alpha value is -2.84. The highest BCUT2D eigenvalue weighted by molar-refractivity contribution is 6.37. The Bertz CT molecular complexity index is 1490. The fourth-order valence-corrected chi connectivity index (χ4v) is 6.74. The van der Waals surface area contributed by atoms with E-state index in [4.69, 9.17) is 65.4 Å². The molecule has 0 aliphatic carbocycles. The number of hydrogen-bond donors (Lipinski definition) is 0. The van der Waals surface area contributed by atoms with Crippen molar-refractivity contribution < 1.29 is 28.5 Å². The van der Waals surface area contributed by atoms with Crippen LogP contribution in [0.5, 0.6) is 11.5 Å². The summed E-state index contributed by atoms with van der Waals surface area (Å²) >= 11 is 25.5. The van der Waals surface area contributed by atoms with Crippen LogP contribution in [0.25, 0.3) is 0 Å². The third-order valence-electron chi connectivity index (χ3n) is 8.31. The summed E-state index contributed by atoms with van der Waals surface area (Å²) in [5.74, 6) is -1.30. The number of anilines is 1. The predicted octanol–water partition coefficient (Wildman–Crippen LogP) is 11.8. The maximum absolute atomic E-state index is 13.7. The van der Waals surface area contributed by atoms with Crippen molar-refractivity contribution >= 4 is 64.0 Å². The number of carbonyl (C=O) groups excluding carboxylic acids is 2. The molecular weight excluding hydrogens is 708 g/mol. The van der Waals surface area contributed by atoms with E-state index in [1.165, 1.54) is 51.2 Å². The number of carbonyl (C=O) groups is 2. The molecule has 3 aromatic carbocycles. The van der Waals surface area contributed by atoms with Crippen LogP contribution in [0.2, 0.25) is 20.1 Å². The number of ether oxygens (including phenoxy) is 4. The standard InChI is InChI=1S/C38H47Cl4NO6/c1-7-9-11-13-15-26-17-22-32(27(23-26)16-14-12-10-8-2)43(24(3)48-37(44)33-28(39)18-20-30(41)35(33)46-5)25(4)49-38(45)34-29(40)19-21-31(42)36(34)47-6/h17-25H,7-16H2,1-6H3. The van der Waals surface area contributed by atoms with Crippen molar-refractivity contribution in [1.82, 2.24) is 0 Å². The summed E-state index contributed by atoms with van der Waals surface area (Å²) < 4.78 is 22.9. The number of aryl methyl sites for hydroxylation is 2. The van der Waals surface area contributed by atoms with Crippen molar-refractivity contribution in [3.63, 3.8) is 0 Å². The molecule has 0 aromatic heterocycles. The summed E-state index contributed by atoms with van der Waals surface area (Å²) in [6, 6.07) is 12.4. The normalized spacial score (nSPS) is 12.3. The van der Waals surface area contributed by atoms with Gasteiger partial charge in [0, 0.05) is 5.69 Å². The van der Waals surface area contributed by atoms with Gasteiger partial charge in [-0.1, -0.05) is 111 Å². The Balaban J connectivity index is 2.08. The predicted molar refractivity (Wildman–Crippen MR) is 200 cm³/mol. The third-order valence-corrected chi connectivity index (χ3v) is 9.54. The number of benzene rings is 3. The molecule has 0 aliphatic rings. The molecular formula is C38H47Cl4NO6. The second kappa shape index (κ2) is 20.1. The van der Waals surface area contributed by atoms with Gasteiger partial charge in [-0.05, 0) is 81.0 Å². The average molecular weight is 756 g/mol. The van der Waals surface area contributed by atoms with Gasteiger partial charge < -0.3 is 23.8 Å². The van der Waals surface area contributed by atoms with Gasteiger partial charge in [0.05, 0.1) is 34.3 Å². The summed E-state index contributed by atoms with van der Waals surface area (Å²) in [7, 11) is 2.80. The lowest BCUT2D eigenvalue weighted by Crippen LogP contribution is -2.45. The molecule has 0 N–H and O–H groups in total. The van der Waals surface area contributed by atoms with E-state index in [0.29, 0.717) is 0 Å². The topological polar surface area (TPSA) is 74.3 Å². The monoisotopic (exact) mass is 753 g/mol. The Morgan fingerprint density at radius 1 is 0.633 bits per heavy atom. The third kappa shape index (κ3) is 10.8. The number of rotatable bonds is 19. The molecule has 0 bridgehead atoms. The zero-order chi connectivity index (χ0) is 36.1. The highest BCUT2D eigenvalue weighted by Gasteiger charge is 2.32. The Morgan fingerprint density at radius 3 is 1.53 bits per heavy atom. The fraction of sp³-hybridized carbons (Fsp3) is 0.474. The molecule has 268 valence electrons. The van der Waals surface area contributed by atoms with E-state index in [-0.39, 0.29) is 42.7 Å². The highest BCUT2D eigenvalue weighted by Crippen LogP contribution is 2.37. The van der Waals surface area contributed by atoms with Gasteiger partial charge in [-0.2, -0.15) is 0 Å². The van der Waals surface area contributed by atoms with Crippen LogP contribution in [0, 0.1) is 0 Å². The molecule has 0 fully saturated rings. The average Bonchev–Trinajstić information content (AvgIpc) is 3.07. The number of halogens is 4. The van der Waals surface area contributed by atoms with E-state index in [1.54, 1.807) is 30.9 Å². The summed E-state index contributed by atoms with van der Waals surface area (Å²) in [5, 5.41) is 0.663. The molecule has 2 atom stereocenters. The minimum atomic E-state index is -0.948. The van der Waals surface area contributed by atoms with Gasteiger partial charge in [-0.25, -0.2) is 9.59 Å². The first-order valence-electron chi connectivity index (χ1n) is 16.8. The van der Waals surface area contributed by atoms with E-state index in [2.05, 4.69) is 26.0 Å². The van der Waals surface area contributed by atoms with E-state index < -0.39 is 24.4 Å². The van der Waals surface area contributed by atoms with Gasteiger partial charge in [0.1, 0.15) is 11.1 Å². The molecule has 0 saturated carbocycles. The maximum Gasteiger partial charge on any atom is 0.345 e. The molecule has 2 unspecified atom stereocenters. The van der Waals surface area contributed by atoms with Crippen molar-refractivity contribution in [3.8, 4) is 11.5 Å². The molecule has 0 amide bonds. The zero-order valence-electron chi connectivity index (χ0n) is 29.2. The molecule has 3 aromatic rings. The van der Waals surface area contributed by atoms with Crippen LogP contribution in [0.1, 0.15) is 111 Å². The van der Waals surface area contributed by atoms with Crippen LogP contribution < -0.4 is 14.4 Å². The Labute approximate surface area is 311 Å². The zero-order valence-corrected chi connectivity index (χ0v) is 32.2. The summed E-state index contributed by atoms with van der Waals surface area (Å²) in [4.78, 5) is 29.2. The summed E-state index contributed by atoms with van der Waals surface area (Å²) in [6.45, 7) is 7.80. The fourth-order valence-electron chi connectivity index (χ4n) is 5.82. The molecule has 11 heteroatoms. The van der Waals surface area contributed by atoms with Crippen molar-refractivity contribution in [2.75, 3.05) is 19.1 Å². The number of methoxy groups -OCH3 is 2. The molecule has 0 spiro atoms. The van der Waals surface area contributed by atoms with E-state index in [9.17, 15) is 9.59 Å². The van der Waals surface area contributed by atoms with Crippen LogP contribution in [0.4, 0.5) is 5.69 Å². The van der Waals surface area contributed by atoms with Crippen LogP contribution >= 0.6 is 46.4 Å². The minimum Gasteiger partial charge on any atom is -0.494 e. The molecule has 3 rings (SSSR count). The van der Waals surface area contributed by atoms with E-state index >= 15 is 0 Å². The Morgan fingerprint density at radius 2 is 1.08 bits per heavy atom. The molecule has 49 heavy (non-hydrogen) atoms. The highest BCUT2D eigenvalue weighted by atomic mass is 35.5. The molecule has 0 radical (unpaired) electrons. The second-order valence-electron chi connectivity index (χ2n) is 11.9. The van der Waals surface area contributed by atoms with Gasteiger partial charge in [-0.15, -0.1) is 0 Å². The van der Waals surface area contributed by atoms with Crippen molar-refractivity contribution in [2.45, 2.75) is 104 Å². The van der Waals surface area contributed by atoms with Crippen LogP contribution in [0.15, 0.2) is 42.5 Å². The lowest BCUT2D eigenvalue weighted by molar-refractivity contribution is 0.00867. The number of hydrogen-bond acceptors (Lipinski definition) is 7. The van der Waals surface area contributed by atoms with Crippen molar-refractivity contribution in [2.24, 2.45) is 0 Å². The van der Waals surface area contributed by atoms with Gasteiger partial charge in [0.15, 0.2) is 24.0 Å². The van der Waals surface area contributed by atoms with E-state index in [1.807, 2.05) is 6.07 Å². The number of nitrogens with zero attached hydrogens (tertiary/aromatic N) is 1. The van der Waals surface area contributed by atoms with Crippen molar-refractivity contribution in [1.29, 1.82) is 0 Å². The van der Waals surface area contributed by atoms with Gasteiger partial charge in [-0.3, -0.25) is 0 Å². The molecule has 0 aliphatic heterocycles. The van der Waals surface area contributed by atoms with Crippen LogP contribution in [0.3, 0.4) is 0 Å². The van der Waals surface area contributed by atoms with Gasteiger partial charge in [0.25, 0.3) is 0 Å². The number of unbranched alkanes of at least 4 members (excludes halogenated alkanes) is 6. The SMILES string of the molecule is CCCCCCc1ccc(N(C(C)OC(=O)c2c(Cl)ccc(Cl)c2OC)C(C)OC(=O)c2c(Cl)ccc(Cl)c2OC)c(CCCCCC)c1. The second-order valence-corrected chi connectivity index (χ2v) is 13.5. The van der Waals surface area contributed by atoms with Gasteiger partial charge >= 0.3 is 11.9 Å². The minimum absolute atomic E-state index is 0.00854.